The molecule has 1 aromatic heterocycles. The van der Waals surface area contributed by atoms with Gasteiger partial charge >= 0.3 is 0 Å². The van der Waals surface area contributed by atoms with Gasteiger partial charge in [-0.3, -0.25) is 9.48 Å². The highest BCUT2D eigenvalue weighted by Crippen LogP contribution is 2.06. The van der Waals surface area contributed by atoms with Crippen molar-refractivity contribution in [2.45, 2.75) is 39.3 Å². The summed E-state index contributed by atoms with van der Waals surface area (Å²) < 4.78 is 1.62. The Morgan fingerprint density at radius 1 is 1.53 bits per heavy atom. The second-order valence-corrected chi connectivity index (χ2v) is 4.64. The van der Waals surface area contributed by atoms with Crippen molar-refractivity contribution in [3.8, 4) is 0 Å². The van der Waals surface area contributed by atoms with Crippen LogP contribution in [0.4, 0.5) is 0 Å². The smallest absolute Gasteiger partial charge is 0.224 e. The molecule has 1 aromatic rings. The summed E-state index contributed by atoms with van der Waals surface area (Å²) in [4.78, 5) is 13.6. The molecule has 1 heterocycles. The molecule has 0 radical (unpaired) electrons. The Hall–Kier alpha value is -1.43. The molecule has 96 valence electrons. The van der Waals surface area contributed by atoms with Crippen molar-refractivity contribution < 1.29 is 9.90 Å². The van der Waals surface area contributed by atoms with Gasteiger partial charge in [-0.1, -0.05) is 5.21 Å². The SMILES string of the molecule is CCN(CC(C)(C)O)C(=O)CCn1ccnn1. The van der Waals surface area contributed by atoms with E-state index in [1.54, 1.807) is 35.8 Å². The molecule has 0 saturated carbocycles. The molecular weight excluding hydrogens is 220 g/mol. The van der Waals surface area contributed by atoms with Crippen LogP contribution in [0.2, 0.25) is 0 Å². The van der Waals surface area contributed by atoms with Gasteiger partial charge < -0.3 is 10.0 Å². The van der Waals surface area contributed by atoms with Crippen LogP contribution in [-0.4, -0.2) is 49.6 Å². The predicted octanol–water partition coefficient (Wildman–Crippen LogP) is 0.288. The van der Waals surface area contributed by atoms with Crippen molar-refractivity contribution in [1.82, 2.24) is 19.9 Å². The number of aliphatic hydroxyl groups is 1. The quantitative estimate of drug-likeness (QED) is 0.775. The fourth-order valence-corrected chi connectivity index (χ4v) is 1.56. The van der Waals surface area contributed by atoms with Gasteiger partial charge in [0.2, 0.25) is 5.91 Å². The van der Waals surface area contributed by atoms with Gasteiger partial charge in [-0.05, 0) is 20.8 Å². The largest absolute Gasteiger partial charge is 0.389 e. The molecule has 0 unspecified atom stereocenters. The third kappa shape index (κ3) is 4.95. The van der Waals surface area contributed by atoms with Crippen molar-refractivity contribution in [3.63, 3.8) is 0 Å². The molecule has 0 spiro atoms. The van der Waals surface area contributed by atoms with Crippen LogP contribution in [0.3, 0.4) is 0 Å². The number of carbonyl (C=O) groups excluding carboxylic acids is 1. The molecule has 0 aliphatic carbocycles. The average Bonchev–Trinajstić information content (AvgIpc) is 2.74. The first-order valence-corrected chi connectivity index (χ1v) is 5.76. The van der Waals surface area contributed by atoms with Gasteiger partial charge in [0.1, 0.15) is 0 Å². The van der Waals surface area contributed by atoms with Gasteiger partial charge in [-0.2, -0.15) is 0 Å². The van der Waals surface area contributed by atoms with Crippen molar-refractivity contribution >= 4 is 5.91 Å². The highest BCUT2D eigenvalue weighted by atomic mass is 16.3. The Kier molecular flexibility index (Phi) is 4.62. The van der Waals surface area contributed by atoms with E-state index in [9.17, 15) is 9.90 Å². The average molecular weight is 240 g/mol. The number of amides is 1. The Labute approximate surface area is 101 Å². The van der Waals surface area contributed by atoms with Gasteiger partial charge in [0.25, 0.3) is 0 Å². The van der Waals surface area contributed by atoms with E-state index in [0.29, 0.717) is 26.1 Å². The number of aryl methyl sites for hydroxylation is 1. The summed E-state index contributed by atoms with van der Waals surface area (Å²) in [6.07, 6.45) is 3.67. The lowest BCUT2D eigenvalue weighted by Gasteiger charge is -2.28. The molecule has 0 aliphatic rings. The second kappa shape index (κ2) is 5.77. The van der Waals surface area contributed by atoms with E-state index in [4.69, 9.17) is 0 Å². The summed E-state index contributed by atoms with van der Waals surface area (Å²) in [6, 6.07) is 0. The third-order valence-corrected chi connectivity index (χ3v) is 2.34. The van der Waals surface area contributed by atoms with Crippen LogP contribution >= 0.6 is 0 Å². The molecule has 0 aliphatic heterocycles. The summed E-state index contributed by atoms with van der Waals surface area (Å²) in [5.41, 5.74) is -0.862. The lowest BCUT2D eigenvalue weighted by Crippen LogP contribution is -2.42. The molecule has 0 aromatic carbocycles. The number of hydrogen-bond donors (Lipinski definition) is 1. The van der Waals surface area contributed by atoms with E-state index >= 15 is 0 Å². The molecule has 1 amide bonds. The number of aromatic nitrogens is 3. The highest BCUT2D eigenvalue weighted by molar-refractivity contribution is 5.76. The lowest BCUT2D eigenvalue weighted by molar-refractivity contribution is -0.134. The Bertz CT molecular complexity index is 343. The van der Waals surface area contributed by atoms with E-state index in [1.165, 1.54) is 0 Å². The number of hydrogen-bond acceptors (Lipinski definition) is 4. The van der Waals surface area contributed by atoms with E-state index < -0.39 is 5.60 Å². The molecular formula is C11H20N4O2. The molecule has 6 nitrogen and oxygen atoms in total. The zero-order valence-electron chi connectivity index (χ0n) is 10.6. The second-order valence-electron chi connectivity index (χ2n) is 4.64. The normalized spacial score (nSPS) is 11.5. The topological polar surface area (TPSA) is 71.2 Å². The summed E-state index contributed by atoms with van der Waals surface area (Å²) in [5, 5.41) is 17.2. The van der Waals surface area contributed by atoms with Gasteiger partial charge in [0.05, 0.1) is 18.3 Å². The van der Waals surface area contributed by atoms with Crippen molar-refractivity contribution in [2.24, 2.45) is 0 Å². The van der Waals surface area contributed by atoms with E-state index in [-0.39, 0.29) is 5.91 Å². The maximum atomic E-state index is 11.9. The summed E-state index contributed by atoms with van der Waals surface area (Å²) >= 11 is 0. The van der Waals surface area contributed by atoms with Crippen LogP contribution in [0.1, 0.15) is 27.2 Å². The van der Waals surface area contributed by atoms with Gasteiger partial charge in [0, 0.05) is 25.7 Å². The van der Waals surface area contributed by atoms with Crippen LogP contribution in [0.5, 0.6) is 0 Å². The summed E-state index contributed by atoms with van der Waals surface area (Å²) in [5.74, 6) is 0.0186. The van der Waals surface area contributed by atoms with Crippen molar-refractivity contribution in [1.29, 1.82) is 0 Å². The zero-order valence-corrected chi connectivity index (χ0v) is 10.6. The van der Waals surface area contributed by atoms with Crippen LogP contribution in [-0.2, 0) is 11.3 Å². The Balaban J connectivity index is 2.44. The molecule has 0 atom stereocenters. The Morgan fingerprint density at radius 3 is 2.71 bits per heavy atom. The fraction of sp³-hybridized carbons (Fsp3) is 0.727. The molecule has 1 rings (SSSR count). The number of likely N-dealkylation sites (N-methyl/N-ethyl adjacent to an activating group) is 1. The number of carbonyl (C=O) groups is 1. The minimum Gasteiger partial charge on any atom is -0.389 e. The first-order chi connectivity index (χ1) is 7.92. The first-order valence-electron chi connectivity index (χ1n) is 5.76. The van der Waals surface area contributed by atoms with Gasteiger partial charge in [-0.15, -0.1) is 5.10 Å². The fourth-order valence-electron chi connectivity index (χ4n) is 1.56. The van der Waals surface area contributed by atoms with Gasteiger partial charge in [0.15, 0.2) is 0 Å². The van der Waals surface area contributed by atoms with Crippen LogP contribution < -0.4 is 0 Å². The summed E-state index contributed by atoms with van der Waals surface area (Å²) in [7, 11) is 0. The van der Waals surface area contributed by atoms with Crippen LogP contribution in [0.25, 0.3) is 0 Å². The Morgan fingerprint density at radius 2 is 2.24 bits per heavy atom. The van der Waals surface area contributed by atoms with Crippen LogP contribution in [0.15, 0.2) is 12.4 Å². The van der Waals surface area contributed by atoms with Crippen LogP contribution in [0, 0.1) is 0 Å². The van der Waals surface area contributed by atoms with Crippen molar-refractivity contribution in [2.75, 3.05) is 13.1 Å². The molecule has 0 bridgehead atoms. The maximum Gasteiger partial charge on any atom is 0.224 e. The van der Waals surface area contributed by atoms with E-state index in [1.807, 2.05) is 6.92 Å². The summed E-state index contributed by atoms with van der Waals surface area (Å²) in [6.45, 7) is 6.75. The number of nitrogens with zero attached hydrogens (tertiary/aromatic N) is 4. The molecule has 0 fully saturated rings. The zero-order chi connectivity index (χ0) is 12.9. The lowest BCUT2D eigenvalue weighted by atomic mass is 10.1. The molecule has 6 heteroatoms. The molecule has 1 N–H and O–H groups in total. The predicted molar refractivity (Wildman–Crippen MR) is 63.2 cm³/mol. The van der Waals surface area contributed by atoms with E-state index in [2.05, 4.69) is 10.3 Å². The monoisotopic (exact) mass is 240 g/mol. The first kappa shape index (κ1) is 13.6. The third-order valence-electron chi connectivity index (χ3n) is 2.34. The maximum absolute atomic E-state index is 11.9. The molecule has 0 saturated heterocycles. The minimum absolute atomic E-state index is 0.0186. The standard InChI is InChI=1S/C11H20N4O2/c1-4-14(9-11(2,3)17)10(16)5-7-15-8-6-12-13-15/h6,8,17H,4-5,7,9H2,1-3H3. The van der Waals surface area contributed by atoms with E-state index in [0.717, 1.165) is 0 Å². The van der Waals surface area contributed by atoms with Gasteiger partial charge in [-0.25, -0.2) is 0 Å². The number of rotatable bonds is 6. The minimum atomic E-state index is -0.862. The van der Waals surface area contributed by atoms with Crippen molar-refractivity contribution in [3.05, 3.63) is 12.4 Å². The molecule has 17 heavy (non-hydrogen) atoms. The highest BCUT2D eigenvalue weighted by Gasteiger charge is 2.20.